The number of esters is 2. The second-order valence-electron chi connectivity index (χ2n) is 3.67. The molecular formula is C12H16BrNO4. The van der Waals surface area contributed by atoms with Crippen LogP contribution in [0.25, 0.3) is 0 Å². The predicted octanol–water partition coefficient (Wildman–Crippen LogP) is 1.99. The molecule has 0 aromatic carbocycles. The molecule has 1 aromatic heterocycles. The fourth-order valence-electron chi connectivity index (χ4n) is 1.55. The highest BCUT2D eigenvalue weighted by molar-refractivity contribution is 9.10. The minimum atomic E-state index is -0.311. The van der Waals surface area contributed by atoms with Crippen molar-refractivity contribution in [3.63, 3.8) is 0 Å². The van der Waals surface area contributed by atoms with Gasteiger partial charge in [-0.1, -0.05) is 0 Å². The smallest absolute Gasteiger partial charge is 0.311 e. The molecule has 100 valence electrons. The van der Waals surface area contributed by atoms with Crippen molar-refractivity contribution in [2.24, 2.45) is 0 Å². The number of ether oxygens (including phenoxy) is 2. The zero-order valence-corrected chi connectivity index (χ0v) is 12.0. The van der Waals surface area contributed by atoms with Crippen molar-refractivity contribution in [3.05, 3.63) is 21.9 Å². The average Bonchev–Trinajstić information content (AvgIpc) is 2.61. The summed E-state index contributed by atoms with van der Waals surface area (Å²) in [6.07, 6.45) is 2.50. The van der Waals surface area contributed by atoms with E-state index in [4.69, 9.17) is 9.47 Å². The number of carbonyl (C=O) groups excluding carboxylic acids is 2. The van der Waals surface area contributed by atoms with Gasteiger partial charge in [-0.05, 0) is 28.4 Å². The SMILES string of the molecule is CCOC(=O)Cc1[nH]cc(Br)c1CCOC(C)=O. The number of hydrogen-bond acceptors (Lipinski definition) is 4. The number of hydrogen-bond donors (Lipinski definition) is 1. The van der Waals surface area contributed by atoms with Crippen LogP contribution in [0.1, 0.15) is 25.1 Å². The van der Waals surface area contributed by atoms with E-state index >= 15 is 0 Å². The van der Waals surface area contributed by atoms with Gasteiger partial charge >= 0.3 is 11.9 Å². The van der Waals surface area contributed by atoms with Gasteiger partial charge < -0.3 is 14.5 Å². The Balaban J connectivity index is 2.63. The lowest BCUT2D eigenvalue weighted by molar-refractivity contribution is -0.143. The van der Waals surface area contributed by atoms with Crippen LogP contribution in [0.4, 0.5) is 0 Å². The zero-order valence-electron chi connectivity index (χ0n) is 10.4. The number of aromatic amines is 1. The van der Waals surface area contributed by atoms with Gasteiger partial charge in [0.2, 0.25) is 0 Å². The summed E-state index contributed by atoms with van der Waals surface area (Å²) in [5, 5.41) is 0. The third-order valence-electron chi connectivity index (χ3n) is 2.31. The molecule has 5 nitrogen and oxygen atoms in total. The summed E-state index contributed by atoms with van der Waals surface area (Å²) in [4.78, 5) is 25.1. The van der Waals surface area contributed by atoms with Gasteiger partial charge in [0.15, 0.2) is 0 Å². The van der Waals surface area contributed by atoms with E-state index in [-0.39, 0.29) is 18.4 Å². The molecule has 18 heavy (non-hydrogen) atoms. The van der Waals surface area contributed by atoms with Crippen LogP contribution in [0.2, 0.25) is 0 Å². The van der Waals surface area contributed by atoms with Gasteiger partial charge in [0, 0.05) is 29.7 Å². The summed E-state index contributed by atoms with van der Waals surface area (Å²) in [6.45, 7) is 3.79. The third-order valence-corrected chi connectivity index (χ3v) is 3.02. The highest BCUT2D eigenvalue weighted by atomic mass is 79.9. The second-order valence-corrected chi connectivity index (χ2v) is 4.52. The quantitative estimate of drug-likeness (QED) is 0.815. The van der Waals surface area contributed by atoms with E-state index in [9.17, 15) is 9.59 Å². The standard InChI is InChI=1S/C12H16BrNO4/c1-3-17-12(16)6-11-9(10(13)7-14-11)4-5-18-8(2)15/h7,14H,3-6H2,1-2H3. The highest BCUT2D eigenvalue weighted by Crippen LogP contribution is 2.21. The minimum absolute atomic E-state index is 0.189. The maximum absolute atomic E-state index is 11.4. The van der Waals surface area contributed by atoms with Gasteiger partial charge in [0.05, 0.1) is 19.6 Å². The van der Waals surface area contributed by atoms with Gasteiger partial charge in [-0.2, -0.15) is 0 Å². The van der Waals surface area contributed by atoms with Gasteiger partial charge in [0.25, 0.3) is 0 Å². The van der Waals surface area contributed by atoms with Crippen molar-refractivity contribution in [3.8, 4) is 0 Å². The molecule has 1 rings (SSSR count). The maximum Gasteiger partial charge on any atom is 0.311 e. The lowest BCUT2D eigenvalue weighted by Gasteiger charge is -2.05. The van der Waals surface area contributed by atoms with Crippen molar-refractivity contribution in [1.29, 1.82) is 0 Å². The van der Waals surface area contributed by atoms with E-state index in [2.05, 4.69) is 20.9 Å². The summed E-state index contributed by atoms with van der Waals surface area (Å²) in [5.41, 5.74) is 1.72. The van der Waals surface area contributed by atoms with E-state index in [0.29, 0.717) is 19.6 Å². The van der Waals surface area contributed by atoms with Crippen LogP contribution in [0.5, 0.6) is 0 Å². The van der Waals surface area contributed by atoms with Gasteiger partial charge in [-0.3, -0.25) is 9.59 Å². The maximum atomic E-state index is 11.4. The molecule has 0 spiro atoms. The molecule has 0 aliphatic rings. The molecule has 6 heteroatoms. The minimum Gasteiger partial charge on any atom is -0.466 e. The fourth-order valence-corrected chi connectivity index (χ4v) is 2.10. The number of aromatic nitrogens is 1. The van der Waals surface area contributed by atoms with Crippen molar-refractivity contribution in [1.82, 2.24) is 4.98 Å². The molecular weight excluding hydrogens is 302 g/mol. The lowest BCUT2D eigenvalue weighted by atomic mass is 10.1. The average molecular weight is 318 g/mol. The summed E-state index contributed by atoms with van der Waals surface area (Å²) in [6, 6.07) is 0. The van der Waals surface area contributed by atoms with Gasteiger partial charge in [-0.25, -0.2) is 0 Å². The number of H-pyrrole nitrogens is 1. The first-order valence-electron chi connectivity index (χ1n) is 5.68. The van der Waals surface area contributed by atoms with Crippen LogP contribution in [-0.2, 0) is 31.9 Å². The number of nitrogens with one attached hydrogen (secondary N) is 1. The van der Waals surface area contributed by atoms with Gasteiger partial charge in [-0.15, -0.1) is 0 Å². The van der Waals surface area contributed by atoms with E-state index in [0.717, 1.165) is 15.7 Å². The predicted molar refractivity (Wildman–Crippen MR) is 69.2 cm³/mol. The highest BCUT2D eigenvalue weighted by Gasteiger charge is 2.13. The molecule has 1 heterocycles. The van der Waals surface area contributed by atoms with E-state index in [1.807, 2.05) is 0 Å². The molecule has 0 amide bonds. The molecule has 0 unspecified atom stereocenters. The topological polar surface area (TPSA) is 68.4 Å². The molecule has 0 bridgehead atoms. The molecule has 0 aliphatic heterocycles. The largest absolute Gasteiger partial charge is 0.466 e. The Kier molecular flexibility index (Phi) is 5.91. The fraction of sp³-hybridized carbons (Fsp3) is 0.500. The first kappa shape index (κ1) is 14.8. The van der Waals surface area contributed by atoms with Crippen LogP contribution < -0.4 is 0 Å². The Labute approximate surface area is 114 Å². The molecule has 0 fully saturated rings. The third kappa shape index (κ3) is 4.52. The normalized spacial score (nSPS) is 10.2. The lowest BCUT2D eigenvalue weighted by Crippen LogP contribution is -2.10. The number of rotatable bonds is 6. The zero-order chi connectivity index (χ0) is 13.5. The summed E-state index contributed by atoms with van der Waals surface area (Å²) < 4.78 is 10.7. The Morgan fingerprint density at radius 1 is 1.39 bits per heavy atom. The molecule has 1 aromatic rings. The van der Waals surface area contributed by atoms with Gasteiger partial charge in [0.1, 0.15) is 0 Å². The summed E-state index contributed by atoms with van der Waals surface area (Å²) >= 11 is 3.39. The molecule has 1 N–H and O–H groups in total. The molecule has 0 aliphatic carbocycles. The second kappa shape index (κ2) is 7.20. The first-order valence-corrected chi connectivity index (χ1v) is 6.47. The Hall–Kier alpha value is -1.30. The van der Waals surface area contributed by atoms with Crippen molar-refractivity contribution in [2.75, 3.05) is 13.2 Å². The summed E-state index contributed by atoms with van der Waals surface area (Å²) in [7, 11) is 0. The first-order chi connectivity index (χ1) is 8.54. The molecule has 0 saturated heterocycles. The summed E-state index contributed by atoms with van der Waals surface area (Å²) in [5.74, 6) is -0.589. The number of halogens is 1. The van der Waals surface area contributed by atoms with Crippen LogP contribution in [0.15, 0.2) is 10.7 Å². The monoisotopic (exact) mass is 317 g/mol. The van der Waals surface area contributed by atoms with Crippen molar-refractivity contribution in [2.45, 2.75) is 26.7 Å². The Morgan fingerprint density at radius 3 is 2.72 bits per heavy atom. The van der Waals surface area contributed by atoms with Crippen LogP contribution in [0.3, 0.4) is 0 Å². The van der Waals surface area contributed by atoms with Crippen molar-refractivity contribution < 1.29 is 19.1 Å². The van der Waals surface area contributed by atoms with Crippen LogP contribution in [0, 0.1) is 0 Å². The van der Waals surface area contributed by atoms with E-state index < -0.39 is 0 Å². The molecule has 0 saturated carbocycles. The van der Waals surface area contributed by atoms with Crippen LogP contribution in [-0.4, -0.2) is 30.1 Å². The molecule has 0 atom stereocenters. The van der Waals surface area contributed by atoms with Crippen molar-refractivity contribution >= 4 is 27.9 Å². The van der Waals surface area contributed by atoms with E-state index in [1.165, 1.54) is 6.92 Å². The van der Waals surface area contributed by atoms with Crippen LogP contribution >= 0.6 is 15.9 Å². The molecule has 0 radical (unpaired) electrons. The Bertz CT molecular complexity index is 428. The van der Waals surface area contributed by atoms with E-state index in [1.54, 1.807) is 13.1 Å². The Morgan fingerprint density at radius 2 is 2.11 bits per heavy atom. The number of carbonyl (C=O) groups is 2.